The van der Waals surface area contributed by atoms with Gasteiger partial charge in [-0.15, -0.1) is 0 Å². The van der Waals surface area contributed by atoms with Gasteiger partial charge in [0.15, 0.2) is 0 Å². The molecule has 0 aromatic heterocycles. The molecule has 0 rings (SSSR count). The molecule has 0 fully saturated rings. The van der Waals surface area contributed by atoms with Gasteiger partial charge in [0.25, 0.3) is 0 Å². The van der Waals surface area contributed by atoms with Gasteiger partial charge in [-0.1, -0.05) is 178 Å². The molecule has 2 atom stereocenters. The molecule has 0 bridgehead atoms. The van der Waals surface area contributed by atoms with Crippen molar-refractivity contribution < 1.29 is 10.2 Å². The molecule has 0 aromatic rings. The Morgan fingerprint density at radius 3 is 0.846 bits per heavy atom. The Kier molecular flexibility index (Phi) is 23.9. The summed E-state index contributed by atoms with van der Waals surface area (Å²) in [6.45, 7) is 28.4. The van der Waals surface area contributed by atoms with Gasteiger partial charge in [0.05, 0.1) is 11.2 Å². The van der Waals surface area contributed by atoms with Crippen molar-refractivity contribution in [2.75, 3.05) is 0 Å². The van der Waals surface area contributed by atoms with Crippen molar-refractivity contribution >= 4 is 0 Å². The molecule has 0 aliphatic heterocycles. The summed E-state index contributed by atoms with van der Waals surface area (Å²) in [4.78, 5) is 0. The van der Waals surface area contributed by atoms with E-state index in [0.29, 0.717) is 0 Å². The summed E-state index contributed by atoms with van der Waals surface area (Å²) >= 11 is 0. The molecule has 2 unspecified atom stereocenters. The van der Waals surface area contributed by atoms with Crippen LogP contribution in [0.2, 0.25) is 0 Å². The van der Waals surface area contributed by atoms with E-state index in [9.17, 15) is 10.2 Å². The number of rotatable bonds is 20. The van der Waals surface area contributed by atoms with E-state index < -0.39 is 11.2 Å². The van der Waals surface area contributed by atoms with Crippen molar-refractivity contribution in [3.8, 4) is 0 Å². The van der Waals surface area contributed by atoms with Crippen LogP contribution in [0.25, 0.3) is 0 Å². The largest absolute Gasteiger partial charge is 0.390 e. The first-order valence-corrected chi connectivity index (χ1v) is 18.7. The lowest BCUT2D eigenvalue weighted by Crippen LogP contribution is -2.29. The number of allylic oxidation sites excluding steroid dienone is 28. The van der Waals surface area contributed by atoms with E-state index in [2.05, 4.69) is 203 Å². The van der Waals surface area contributed by atoms with E-state index in [1.165, 1.54) is 33.4 Å². The maximum atomic E-state index is 10.5. The fourth-order valence-corrected chi connectivity index (χ4v) is 4.62. The molecular weight excluding hydrogens is 633 g/mol. The molecule has 2 heteroatoms. The molecule has 2 N–H and O–H groups in total. The second-order valence-electron chi connectivity index (χ2n) is 15.6. The third-order valence-electron chi connectivity index (χ3n) is 8.26. The van der Waals surface area contributed by atoms with Gasteiger partial charge in [-0.25, -0.2) is 0 Å². The molecule has 0 aliphatic carbocycles. The van der Waals surface area contributed by atoms with Crippen LogP contribution in [-0.4, -0.2) is 21.4 Å². The molecule has 0 radical (unpaired) electrons. The van der Waals surface area contributed by atoms with Gasteiger partial charge in [-0.05, 0) is 110 Å². The minimum Gasteiger partial charge on any atom is -0.390 e. The third kappa shape index (κ3) is 26.8. The molecular formula is C50H72O2. The van der Waals surface area contributed by atoms with E-state index >= 15 is 0 Å². The van der Waals surface area contributed by atoms with Crippen LogP contribution < -0.4 is 0 Å². The van der Waals surface area contributed by atoms with Gasteiger partial charge in [0.1, 0.15) is 0 Å². The molecule has 0 aromatic carbocycles. The Balaban J connectivity index is 5.08. The Bertz CT molecular complexity index is 1430. The number of hydrogen-bond donors (Lipinski definition) is 2. The van der Waals surface area contributed by atoms with Crippen molar-refractivity contribution in [1.29, 1.82) is 0 Å². The predicted octanol–water partition coefficient (Wildman–Crippen LogP) is 14.0. The molecule has 0 spiro atoms. The highest BCUT2D eigenvalue weighted by Gasteiger charge is 2.24. The maximum absolute atomic E-state index is 10.5. The van der Waals surface area contributed by atoms with Crippen LogP contribution in [0.5, 0.6) is 0 Å². The fourth-order valence-electron chi connectivity index (χ4n) is 4.62. The van der Waals surface area contributed by atoms with Crippen LogP contribution in [0.3, 0.4) is 0 Å². The lowest BCUT2D eigenvalue weighted by molar-refractivity contribution is 0.0375. The quantitative estimate of drug-likeness (QED) is 0.0978. The average molecular weight is 705 g/mol. The molecule has 2 nitrogen and oxygen atoms in total. The first kappa shape index (κ1) is 48.0. The highest BCUT2D eigenvalue weighted by Crippen LogP contribution is 2.24. The molecule has 0 saturated heterocycles. The topological polar surface area (TPSA) is 40.5 Å². The second-order valence-corrected chi connectivity index (χ2v) is 15.6. The van der Waals surface area contributed by atoms with Crippen LogP contribution in [0.4, 0.5) is 0 Å². The average Bonchev–Trinajstić information content (AvgIpc) is 3.01. The smallest absolute Gasteiger partial charge is 0.0657 e. The van der Waals surface area contributed by atoms with Crippen LogP contribution in [0, 0.1) is 11.8 Å². The molecule has 0 saturated carbocycles. The Labute approximate surface area is 320 Å². The maximum Gasteiger partial charge on any atom is 0.0657 e. The summed E-state index contributed by atoms with van der Waals surface area (Å²) < 4.78 is 0. The SMILES string of the molecule is CC(C)=CCC(/C=C/C(C)=C/C=C/C(C)=C/C=C/C(C)=C/C=C/C=C(C)/C=C/C=C(C)/C=C/C=C(C)/C=C/C(CC=C(C)C)C(C)(C)O)C(C)(C)O. The highest BCUT2D eigenvalue weighted by atomic mass is 16.3. The number of aliphatic hydroxyl groups is 2. The minimum absolute atomic E-state index is 0.0703. The van der Waals surface area contributed by atoms with Crippen LogP contribution in [0.15, 0.2) is 178 Å². The van der Waals surface area contributed by atoms with E-state index in [1.54, 1.807) is 0 Å². The van der Waals surface area contributed by atoms with Gasteiger partial charge >= 0.3 is 0 Å². The number of hydrogen-bond acceptors (Lipinski definition) is 2. The Morgan fingerprint density at radius 2 is 0.615 bits per heavy atom. The van der Waals surface area contributed by atoms with Crippen LogP contribution >= 0.6 is 0 Å². The monoisotopic (exact) mass is 705 g/mol. The zero-order chi connectivity index (χ0) is 39.7. The van der Waals surface area contributed by atoms with Crippen molar-refractivity contribution in [1.82, 2.24) is 0 Å². The lowest BCUT2D eigenvalue weighted by Gasteiger charge is -2.26. The van der Waals surface area contributed by atoms with Gasteiger partial charge in [0.2, 0.25) is 0 Å². The van der Waals surface area contributed by atoms with Crippen LogP contribution in [-0.2, 0) is 0 Å². The van der Waals surface area contributed by atoms with E-state index in [4.69, 9.17) is 0 Å². The molecule has 52 heavy (non-hydrogen) atoms. The lowest BCUT2D eigenvalue weighted by atomic mass is 9.87. The summed E-state index contributed by atoms with van der Waals surface area (Å²) in [5.41, 5.74) is 7.99. The van der Waals surface area contributed by atoms with Gasteiger partial charge in [-0.3, -0.25) is 0 Å². The summed E-state index contributed by atoms with van der Waals surface area (Å²) in [6.07, 6.45) is 47.9. The first-order chi connectivity index (χ1) is 24.2. The molecule has 0 amide bonds. The van der Waals surface area contributed by atoms with Crippen molar-refractivity contribution in [3.05, 3.63) is 178 Å². The van der Waals surface area contributed by atoms with Gasteiger partial charge in [-0.2, -0.15) is 0 Å². The van der Waals surface area contributed by atoms with Gasteiger partial charge < -0.3 is 10.2 Å². The van der Waals surface area contributed by atoms with E-state index in [-0.39, 0.29) is 11.8 Å². The summed E-state index contributed by atoms with van der Waals surface area (Å²) in [7, 11) is 0. The van der Waals surface area contributed by atoms with E-state index in [0.717, 1.165) is 24.0 Å². The summed E-state index contributed by atoms with van der Waals surface area (Å²) in [5.74, 6) is 0.141. The Hall–Kier alpha value is -3.98. The zero-order valence-corrected chi connectivity index (χ0v) is 35.2. The standard InChI is InChI=1S/C50H72O2/c1-39(2)31-35-47(49(11,12)51)37-33-45(9)29-19-27-43(7)25-17-23-41(5)21-15-16-22-42(6)24-18-26-44(8)28-20-30-46(10)34-38-48(50(13,14)52)36-32-40(3)4/h15-34,37-38,47-48,51-52H,35-36H2,1-14H3/b16-15+,23-17+,24-18+,27-19+,28-20+,37-33+,38-34+,41-21+,42-22+,43-25+,44-26+,45-29+,46-30+. The molecule has 284 valence electrons. The Morgan fingerprint density at radius 1 is 0.385 bits per heavy atom. The minimum atomic E-state index is -0.761. The molecule has 0 heterocycles. The predicted molar refractivity (Wildman–Crippen MR) is 234 cm³/mol. The zero-order valence-electron chi connectivity index (χ0n) is 35.2. The molecule has 0 aliphatic rings. The van der Waals surface area contributed by atoms with Gasteiger partial charge in [0, 0.05) is 11.8 Å². The summed E-state index contributed by atoms with van der Waals surface area (Å²) in [6, 6.07) is 0. The van der Waals surface area contributed by atoms with E-state index in [1.807, 2.05) is 27.7 Å². The van der Waals surface area contributed by atoms with Crippen molar-refractivity contribution in [2.45, 2.75) is 121 Å². The fraction of sp³-hybridized carbons (Fsp3) is 0.400. The van der Waals surface area contributed by atoms with Crippen LogP contribution in [0.1, 0.15) is 110 Å². The normalized spacial score (nSPS) is 16.6. The van der Waals surface area contributed by atoms with Crippen molar-refractivity contribution in [3.63, 3.8) is 0 Å². The first-order valence-electron chi connectivity index (χ1n) is 18.7. The second kappa shape index (κ2) is 25.9. The third-order valence-corrected chi connectivity index (χ3v) is 8.26. The highest BCUT2D eigenvalue weighted by molar-refractivity contribution is 5.34. The summed E-state index contributed by atoms with van der Waals surface area (Å²) in [5, 5.41) is 21.1. The van der Waals surface area contributed by atoms with Crippen molar-refractivity contribution in [2.24, 2.45) is 11.8 Å².